The Bertz CT molecular complexity index is 605. The zero-order valence-corrected chi connectivity index (χ0v) is 12.5. The summed E-state index contributed by atoms with van der Waals surface area (Å²) in [5.74, 6) is 0.251. The van der Waals surface area contributed by atoms with E-state index in [0.717, 1.165) is 12.1 Å². The Hall–Kier alpha value is -2.29. The van der Waals surface area contributed by atoms with Gasteiger partial charge in [0.2, 0.25) is 5.91 Å². The summed E-state index contributed by atoms with van der Waals surface area (Å²) in [7, 11) is 0. The van der Waals surface area contributed by atoms with E-state index in [4.69, 9.17) is 0 Å². The van der Waals surface area contributed by atoms with Crippen molar-refractivity contribution in [3.8, 4) is 5.75 Å². The molecule has 3 nitrogen and oxygen atoms in total. The van der Waals surface area contributed by atoms with Gasteiger partial charge in [0.1, 0.15) is 5.75 Å². The summed E-state index contributed by atoms with van der Waals surface area (Å²) < 4.78 is 0. The summed E-state index contributed by atoms with van der Waals surface area (Å²) in [4.78, 5) is 14.1. The van der Waals surface area contributed by atoms with Crippen molar-refractivity contribution in [1.29, 1.82) is 0 Å². The van der Waals surface area contributed by atoms with E-state index in [2.05, 4.69) is 31.2 Å². The Morgan fingerprint density at radius 3 is 2.48 bits per heavy atom. The zero-order chi connectivity index (χ0) is 15.2. The second kappa shape index (κ2) is 6.93. The number of carbonyl (C=O) groups excluding carboxylic acids is 1. The molecule has 1 amide bonds. The lowest BCUT2D eigenvalue weighted by Crippen LogP contribution is -2.30. The molecule has 0 aliphatic heterocycles. The zero-order valence-electron chi connectivity index (χ0n) is 12.5. The van der Waals surface area contributed by atoms with Crippen LogP contribution < -0.4 is 4.90 Å². The number of amides is 1. The van der Waals surface area contributed by atoms with Crippen LogP contribution in [0.1, 0.15) is 24.5 Å². The number of aryl methyl sites for hydroxylation is 2. The van der Waals surface area contributed by atoms with Gasteiger partial charge in [-0.05, 0) is 38.0 Å². The normalized spacial score (nSPS) is 10.4. The van der Waals surface area contributed by atoms with Crippen LogP contribution in [0.5, 0.6) is 5.75 Å². The maximum absolute atomic E-state index is 12.4. The maximum Gasteiger partial charge on any atom is 0.227 e. The summed E-state index contributed by atoms with van der Waals surface area (Å²) in [6, 6.07) is 15.1. The fraction of sp³-hybridized carbons (Fsp3) is 0.278. The van der Waals surface area contributed by atoms with Gasteiger partial charge in [-0.25, -0.2) is 0 Å². The molecule has 0 bridgehead atoms. The number of carbonyl (C=O) groups is 1. The number of aromatic hydroxyl groups is 1. The lowest BCUT2D eigenvalue weighted by Gasteiger charge is -2.21. The van der Waals surface area contributed by atoms with Gasteiger partial charge in [0.05, 0.1) is 0 Å². The van der Waals surface area contributed by atoms with Gasteiger partial charge in [-0.1, -0.05) is 35.9 Å². The molecule has 21 heavy (non-hydrogen) atoms. The molecule has 3 heteroatoms. The number of anilines is 1. The Kier molecular flexibility index (Phi) is 4.99. The van der Waals surface area contributed by atoms with Crippen molar-refractivity contribution >= 4 is 11.6 Å². The Morgan fingerprint density at radius 1 is 1.14 bits per heavy atom. The minimum absolute atomic E-state index is 0.0728. The van der Waals surface area contributed by atoms with Crippen LogP contribution in [0.3, 0.4) is 0 Å². The number of rotatable bonds is 5. The third kappa shape index (κ3) is 4.09. The van der Waals surface area contributed by atoms with Gasteiger partial charge in [-0.2, -0.15) is 0 Å². The molecule has 0 atom stereocenters. The molecule has 2 rings (SSSR count). The predicted molar refractivity (Wildman–Crippen MR) is 85.6 cm³/mol. The first-order valence-corrected chi connectivity index (χ1v) is 7.25. The largest absolute Gasteiger partial charge is 0.508 e. The third-order valence-corrected chi connectivity index (χ3v) is 3.51. The van der Waals surface area contributed by atoms with Gasteiger partial charge in [-0.3, -0.25) is 4.79 Å². The van der Waals surface area contributed by atoms with Crippen LogP contribution in [0, 0.1) is 6.92 Å². The summed E-state index contributed by atoms with van der Waals surface area (Å²) in [5, 5.41) is 9.54. The van der Waals surface area contributed by atoms with Crippen molar-refractivity contribution in [3.63, 3.8) is 0 Å². The summed E-state index contributed by atoms with van der Waals surface area (Å²) >= 11 is 0. The molecule has 0 aliphatic carbocycles. The summed E-state index contributed by atoms with van der Waals surface area (Å²) in [6.07, 6.45) is 1.20. The van der Waals surface area contributed by atoms with E-state index in [1.54, 1.807) is 23.1 Å². The highest BCUT2D eigenvalue weighted by Gasteiger charge is 2.14. The molecular weight excluding hydrogens is 262 g/mol. The van der Waals surface area contributed by atoms with E-state index >= 15 is 0 Å². The van der Waals surface area contributed by atoms with Crippen molar-refractivity contribution in [2.75, 3.05) is 11.4 Å². The number of phenols is 1. The van der Waals surface area contributed by atoms with Crippen LogP contribution in [0.15, 0.2) is 48.5 Å². The van der Waals surface area contributed by atoms with Gasteiger partial charge < -0.3 is 10.0 Å². The fourth-order valence-corrected chi connectivity index (χ4v) is 2.30. The van der Waals surface area contributed by atoms with Crippen LogP contribution in [0.2, 0.25) is 0 Å². The van der Waals surface area contributed by atoms with Gasteiger partial charge in [-0.15, -0.1) is 0 Å². The van der Waals surface area contributed by atoms with Gasteiger partial charge in [0.15, 0.2) is 0 Å². The predicted octanol–water partition coefficient (Wildman–Crippen LogP) is 3.69. The molecule has 2 aromatic carbocycles. The van der Waals surface area contributed by atoms with E-state index in [1.165, 1.54) is 11.1 Å². The van der Waals surface area contributed by atoms with Crippen molar-refractivity contribution in [1.82, 2.24) is 0 Å². The monoisotopic (exact) mass is 283 g/mol. The van der Waals surface area contributed by atoms with Crippen molar-refractivity contribution in [2.24, 2.45) is 0 Å². The Morgan fingerprint density at radius 2 is 1.86 bits per heavy atom. The fourth-order valence-electron chi connectivity index (χ4n) is 2.30. The standard InChI is InChI=1S/C18H21NO2/c1-3-19(16-5-4-6-17(20)13-16)18(21)12-11-15-9-7-14(2)8-10-15/h4-10,13,20H,3,11-12H2,1-2H3. The highest BCUT2D eigenvalue weighted by molar-refractivity contribution is 5.93. The van der Waals surface area contributed by atoms with E-state index in [0.29, 0.717) is 13.0 Å². The van der Waals surface area contributed by atoms with Gasteiger partial charge in [0.25, 0.3) is 0 Å². The summed E-state index contributed by atoms with van der Waals surface area (Å²) in [5.41, 5.74) is 3.13. The first kappa shape index (κ1) is 15.1. The molecule has 0 fully saturated rings. The van der Waals surface area contributed by atoms with Crippen molar-refractivity contribution in [3.05, 3.63) is 59.7 Å². The SMILES string of the molecule is CCN(C(=O)CCc1ccc(C)cc1)c1cccc(O)c1. The number of phenolic OH excluding ortho intramolecular Hbond substituents is 1. The van der Waals surface area contributed by atoms with Crippen LogP contribution >= 0.6 is 0 Å². The third-order valence-electron chi connectivity index (χ3n) is 3.51. The molecule has 2 aromatic rings. The minimum Gasteiger partial charge on any atom is -0.508 e. The maximum atomic E-state index is 12.4. The smallest absolute Gasteiger partial charge is 0.227 e. The van der Waals surface area contributed by atoms with Crippen molar-refractivity contribution in [2.45, 2.75) is 26.7 Å². The van der Waals surface area contributed by atoms with E-state index < -0.39 is 0 Å². The van der Waals surface area contributed by atoms with E-state index in [9.17, 15) is 9.90 Å². The quantitative estimate of drug-likeness (QED) is 0.909. The van der Waals surface area contributed by atoms with Gasteiger partial charge in [0, 0.05) is 24.7 Å². The minimum atomic E-state index is 0.0728. The lowest BCUT2D eigenvalue weighted by molar-refractivity contribution is -0.118. The number of hydrogen-bond acceptors (Lipinski definition) is 2. The second-order valence-corrected chi connectivity index (χ2v) is 5.14. The Labute approximate surface area is 125 Å². The average molecular weight is 283 g/mol. The van der Waals surface area contributed by atoms with Gasteiger partial charge >= 0.3 is 0 Å². The molecule has 0 radical (unpaired) electrons. The first-order valence-electron chi connectivity index (χ1n) is 7.25. The molecular formula is C18H21NO2. The molecule has 1 N–H and O–H groups in total. The molecule has 0 saturated carbocycles. The van der Waals surface area contributed by atoms with Crippen molar-refractivity contribution < 1.29 is 9.90 Å². The molecule has 0 saturated heterocycles. The average Bonchev–Trinajstić information content (AvgIpc) is 2.47. The summed E-state index contributed by atoms with van der Waals surface area (Å²) in [6.45, 7) is 4.58. The second-order valence-electron chi connectivity index (χ2n) is 5.14. The topological polar surface area (TPSA) is 40.5 Å². The highest BCUT2D eigenvalue weighted by atomic mass is 16.3. The number of benzene rings is 2. The molecule has 0 aliphatic rings. The number of hydrogen-bond donors (Lipinski definition) is 1. The molecule has 0 aromatic heterocycles. The van der Waals surface area contributed by atoms with Crippen LogP contribution in [-0.2, 0) is 11.2 Å². The Balaban J connectivity index is 2.02. The molecule has 0 unspecified atom stereocenters. The van der Waals surface area contributed by atoms with Crippen LogP contribution in [0.25, 0.3) is 0 Å². The van der Waals surface area contributed by atoms with E-state index in [-0.39, 0.29) is 11.7 Å². The number of nitrogens with zero attached hydrogens (tertiary/aromatic N) is 1. The molecule has 0 spiro atoms. The van der Waals surface area contributed by atoms with E-state index in [1.807, 2.05) is 13.0 Å². The molecule has 0 heterocycles. The first-order chi connectivity index (χ1) is 10.1. The van der Waals surface area contributed by atoms with Crippen LogP contribution in [-0.4, -0.2) is 17.6 Å². The lowest BCUT2D eigenvalue weighted by atomic mass is 10.1. The molecule has 110 valence electrons. The van der Waals surface area contributed by atoms with Crippen LogP contribution in [0.4, 0.5) is 5.69 Å². The highest BCUT2D eigenvalue weighted by Crippen LogP contribution is 2.21.